The summed E-state index contributed by atoms with van der Waals surface area (Å²) >= 11 is 0. The van der Waals surface area contributed by atoms with E-state index in [1.807, 2.05) is 36.4 Å². The number of hydrogen-bond donors (Lipinski definition) is 1. The summed E-state index contributed by atoms with van der Waals surface area (Å²) in [5, 5.41) is 2.76. The standard InChI is InChI=1S/C22H29N5O2/c1-25(12-10-20-9-5-6-11-23-20)21(28)17-24-22(29)27-15-13-26(14-16-27)18-19-7-3-2-4-8-19/h2-9,11H,10,12-18H2,1H3,(H,24,29). The monoisotopic (exact) mass is 395 g/mol. The molecule has 0 saturated carbocycles. The first-order valence-corrected chi connectivity index (χ1v) is 10.0. The van der Waals surface area contributed by atoms with E-state index in [2.05, 4.69) is 27.3 Å². The van der Waals surface area contributed by atoms with E-state index in [-0.39, 0.29) is 18.5 Å². The SMILES string of the molecule is CN(CCc1ccccn1)C(=O)CNC(=O)N1CCN(Cc2ccccc2)CC1. The lowest BCUT2D eigenvalue weighted by molar-refractivity contribution is -0.128. The molecule has 3 amide bonds. The van der Waals surface area contributed by atoms with E-state index in [0.29, 0.717) is 26.1 Å². The highest BCUT2D eigenvalue weighted by molar-refractivity contribution is 5.83. The minimum Gasteiger partial charge on any atom is -0.344 e. The van der Waals surface area contributed by atoms with Crippen molar-refractivity contribution in [2.75, 3.05) is 46.3 Å². The number of benzene rings is 1. The number of likely N-dealkylation sites (N-methyl/N-ethyl adjacent to an activating group) is 1. The molecule has 1 aliphatic heterocycles. The highest BCUT2D eigenvalue weighted by Crippen LogP contribution is 2.08. The van der Waals surface area contributed by atoms with Crippen LogP contribution in [0.5, 0.6) is 0 Å². The number of piperazine rings is 1. The topological polar surface area (TPSA) is 68.8 Å². The number of pyridine rings is 1. The normalized spacial score (nSPS) is 14.4. The van der Waals surface area contributed by atoms with Gasteiger partial charge in [0.15, 0.2) is 0 Å². The van der Waals surface area contributed by atoms with Gasteiger partial charge in [-0.15, -0.1) is 0 Å². The summed E-state index contributed by atoms with van der Waals surface area (Å²) in [6, 6.07) is 15.9. The summed E-state index contributed by atoms with van der Waals surface area (Å²) in [4.78, 5) is 34.7. The molecule has 0 radical (unpaired) electrons. The van der Waals surface area contributed by atoms with Gasteiger partial charge in [-0.05, 0) is 17.7 Å². The molecular weight excluding hydrogens is 366 g/mol. The summed E-state index contributed by atoms with van der Waals surface area (Å²) in [7, 11) is 1.75. The van der Waals surface area contributed by atoms with Gasteiger partial charge in [0, 0.05) is 64.6 Å². The molecule has 29 heavy (non-hydrogen) atoms. The van der Waals surface area contributed by atoms with Gasteiger partial charge in [0.2, 0.25) is 5.91 Å². The Morgan fingerprint density at radius 2 is 1.76 bits per heavy atom. The predicted molar refractivity (Wildman–Crippen MR) is 112 cm³/mol. The molecule has 7 heteroatoms. The molecule has 2 aromatic rings. The number of carbonyl (C=O) groups excluding carboxylic acids is 2. The van der Waals surface area contributed by atoms with Crippen molar-refractivity contribution in [3.63, 3.8) is 0 Å². The molecule has 2 heterocycles. The predicted octanol–water partition coefficient (Wildman–Crippen LogP) is 1.61. The Morgan fingerprint density at radius 3 is 2.45 bits per heavy atom. The van der Waals surface area contributed by atoms with Gasteiger partial charge in [0.1, 0.15) is 0 Å². The lowest BCUT2D eigenvalue weighted by Gasteiger charge is -2.34. The van der Waals surface area contributed by atoms with Gasteiger partial charge >= 0.3 is 6.03 Å². The largest absolute Gasteiger partial charge is 0.344 e. The Morgan fingerprint density at radius 1 is 1.03 bits per heavy atom. The maximum absolute atomic E-state index is 12.4. The van der Waals surface area contributed by atoms with Crippen molar-refractivity contribution in [2.24, 2.45) is 0 Å². The zero-order chi connectivity index (χ0) is 20.5. The molecule has 3 rings (SSSR count). The van der Waals surface area contributed by atoms with E-state index >= 15 is 0 Å². The van der Waals surface area contributed by atoms with Gasteiger partial charge in [-0.25, -0.2) is 4.79 Å². The van der Waals surface area contributed by atoms with Crippen molar-refractivity contribution in [3.05, 3.63) is 66.0 Å². The smallest absolute Gasteiger partial charge is 0.317 e. The van der Waals surface area contributed by atoms with Crippen molar-refractivity contribution in [2.45, 2.75) is 13.0 Å². The second-order valence-electron chi connectivity index (χ2n) is 7.29. The maximum atomic E-state index is 12.4. The first kappa shape index (κ1) is 20.8. The molecule has 1 fully saturated rings. The molecular formula is C22H29N5O2. The van der Waals surface area contributed by atoms with E-state index in [4.69, 9.17) is 0 Å². The molecule has 1 aromatic carbocycles. The average molecular weight is 396 g/mol. The molecule has 0 aliphatic carbocycles. The molecule has 0 bridgehead atoms. The molecule has 0 spiro atoms. The maximum Gasteiger partial charge on any atom is 0.317 e. The Balaban J connectivity index is 1.34. The number of amides is 3. The van der Waals surface area contributed by atoms with Crippen LogP contribution in [0.1, 0.15) is 11.3 Å². The third-order valence-electron chi connectivity index (χ3n) is 5.15. The fourth-order valence-electron chi connectivity index (χ4n) is 3.30. The molecule has 1 aliphatic rings. The van der Waals surface area contributed by atoms with Crippen LogP contribution in [0.25, 0.3) is 0 Å². The Labute approximate surface area is 172 Å². The van der Waals surface area contributed by atoms with Crippen LogP contribution in [0.2, 0.25) is 0 Å². The van der Waals surface area contributed by atoms with Crippen molar-refractivity contribution in [3.8, 4) is 0 Å². The van der Waals surface area contributed by atoms with Crippen molar-refractivity contribution < 1.29 is 9.59 Å². The Bertz CT molecular complexity index is 776. The average Bonchev–Trinajstić information content (AvgIpc) is 2.77. The summed E-state index contributed by atoms with van der Waals surface area (Å²) in [5.41, 5.74) is 2.23. The molecule has 0 unspecified atom stereocenters. The molecule has 7 nitrogen and oxygen atoms in total. The van der Waals surface area contributed by atoms with E-state index in [0.717, 1.165) is 25.3 Å². The number of nitrogens with one attached hydrogen (secondary N) is 1. The van der Waals surface area contributed by atoms with Crippen LogP contribution in [0, 0.1) is 0 Å². The summed E-state index contributed by atoms with van der Waals surface area (Å²) < 4.78 is 0. The van der Waals surface area contributed by atoms with Crippen molar-refractivity contribution in [1.29, 1.82) is 0 Å². The van der Waals surface area contributed by atoms with Gasteiger partial charge in [-0.3, -0.25) is 14.7 Å². The second-order valence-corrected chi connectivity index (χ2v) is 7.29. The zero-order valence-corrected chi connectivity index (χ0v) is 17.0. The van der Waals surface area contributed by atoms with E-state index in [9.17, 15) is 9.59 Å². The van der Waals surface area contributed by atoms with Crippen molar-refractivity contribution in [1.82, 2.24) is 25.0 Å². The van der Waals surface area contributed by atoms with E-state index in [1.54, 1.807) is 23.0 Å². The van der Waals surface area contributed by atoms with E-state index in [1.165, 1.54) is 5.56 Å². The van der Waals surface area contributed by atoms with Crippen LogP contribution in [-0.2, 0) is 17.8 Å². The van der Waals surface area contributed by atoms with Crippen molar-refractivity contribution >= 4 is 11.9 Å². The van der Waals surface area contributed by atoms with Gasteiger partial charge in [-0.1, -0.05) is 36.4 Å². The first-order chi connectivity index (χ1) is 14.1. The molecule has 154 valence electrons. The zero-order valence-electron chi connectivity index (χ0n) is 17.0. The highest BCUT2D eigenvalue weighted by atomic mass is 16.2. The van der Waals surface area contributed by atoms with Crippen LogP contribution in [0.4, 0.5) is 4.79 Å². The number of carbonyl (C=O) groups is 2. The second kappa shape index (κ2) is 10.6. The van der Waals surface area contributed by atoms with Gasteiger partial charge < -0.3 is 15.1 Å². The molecule has 0 atom stereocenters. The number of hydrogen-bond acceptors (Lipinski definition) is 4. The fraction of sp³-hybridized carbons (Fsp3) is 0.409. The number of aromatic nitrogens is 1. The third kappa shape index (κ3) is 6.57. The van der Waals surface area contributed by atoms with Gasteiger partial charge in [-0.2, -0.15) is 0 Å². The quantitative estimate of drug-likeness (QED) is 0.773. The molecule has 1 aromatic heterocycles. The van der Waals surface area contributed by atoms with Crippen LogP contribution in [0.3, 0.4) is 0 Å². The van der Waals surface area contributed by atoms with Crippen LogP contribution >= 0.6 is 0 Å². The van der Waals surface area contributed by atoms with Crippen LogP contribution < -0.4 is 5.32 Å². The number of nitrogens with zero attached hydrogens (tertiary/aromatic N) is 4. The van der Waals surface area contributed by atoms with Crippen LogP contribution in [-0.4, -0.2) is 77.9 Å². The summed E-state index contributed by atoms with van der Waals surface area (Å²) in [6.45, 7) is 4.49. The lowest BCUT2D eigenvalue weighted by atomic mass is 10.2. The number of rotatable bonds is 7. The summed E-state index contributed by atoms with van der Waals surface area (Å²) in [6.07, 6.45) is 2.44. The Kier molecular flexibility index (Phi) is 7.58. The van der Waals surface area contributed by atoms with Gasteiger partial charge in [0.05, 0.1) is 6.54 Å². The third-order valence-corrected chi connectivity index (χ3v) is 5.15. The minimum absolute atomic E-state index is 0.0157. The van der Waals surface area contributed by atoms with E-state index < -0.39 is 0 Å². The Hall–Kier alpha value is -2.93. The van der Waals surface area contributed by atoms with Gasteiger partial charge in [0.25, 0.3) is 0 Å². The highest BCUT2D eigenvalue weighted by Gasteiger charge is 2.21. The van der Waals surface area contributed by atoms with Crippen LogP contribution in [0.15, 0.2) is 54.7 Å². The minimum atomic E-state index is -0.171. The number of urea groups is 1. The first-order valence-electron chi connectivity index (χ1n) is 10.0. The molecule has 1 N–H and O–H groups in total. The molecule has 1 saturated heterocycles. The fourth-order valence-corrected chi connectivity index (χ4v) is 3.30. The summed E-state index contributed by atoms with van der Waals surface area (Å²) in [5.74, 6) is -0.100. The lowest BCUT2D eigenvalue weighted by Crippen LogP contribution is -2.52.